The predicted molar refractivity (Wildman–Crippen MR) is 111 cm³/mol. The molecule has 0 unspecified atom stereocenters. The van der Waals surface area contributed by atoms with Crippen molar-refractivity contribution >= 4 is 45.3 Å². The molecule has 0 spiro atoms. The molecular formula is C22H25N2OS+. The molecule has 2 aromatic carbocycles. The molecule has 26 heavy (non-hydrogen) atoms. The smallest absolute Gasteiger partial charge is 0.262 e. The second-order valence-corrected chi connectivity index (χ2v) is 7.72. The van der Waals surface area contributed by atoms with E-state index in [1.54, 1.807) is 0 Å². The minimum Gasteiger partial charge on any atom is -0.326 e. The van der Waals surface area contributed by atoms with Gasteiger partial charge in [-0.15, -0.1) is 0 Å². The minimum absolute atomic E-state index is 0.0171. The summed E-state index contributed by atoms with van der Waals surface area (Å²) in [4.78, 5) is 11.8. The van der Waals surface area contributed by atoms with Crippen molar-refractivity contribution in [2.24, 2.45) is 5.92 Å². The third-order valence-corrected chi connectivity index (χ3v) is 5.34. The van der Waals surface area contributed by atoms with Crippen LogP contribution < -0.4 is 9.88 Å². The van der Waals surface area contributed by atoms with Crippen molar-refractivity contribution in [1.29, 1.82) is 0 Å². The van der Waals surface area contributed by atoms with E-state index in [0.29, 0.717) is 0 Å². The normalized spacial score (nSPS) is 11.5. The number of thiazole rings is 1. The van der Waals surface area contributed by atoms with Crippen LogP contribution in [-0.4, -0.2) is 5.91 Å². The predicted octanol–water partition coefficient (Wildman–Crippen LogP) is 5.36. The van der Waals surface area contributed by atoms with E-state index in [1.165, 1.54) is 15.2 Å². The summed E-state index contributed by atoms with van der Waals surface area (Å²) in [6, 6.07) is 16.5. The van der Waals surface area contributed by atoms with Gasteiger partial charge in [0.15, 0.2) is 0 Å². The van der Waals surface area contributed by atoms with Crippen molar-refractivity contribution in [2.45, 2.75) is 33.7 Å². The largest absolute Gasteiger partial charge is 0.326 e. The van der Waals surface area contributed by atoms with Gasteiger partial charge >= 0.3 is 0 Å². The Balaban J connectivity index is 1.80. The SMILES string of the molecule is CCC[n+]1c(/C=C/c2ccc(NC(=O)C(C)C)cc2)sc2ccccc21. The van der Waals surface area contributed by atoms with Gasteiger partial charge in [0.05, 0.1) is 0 Å². The molecule has 0 aliphatic carbocycles. The van der Waals surface area contributed by atoms with Crippen LogP contribution in [0.5, 0.6) is 0 Å². The summed E-state index contributed by atoms with van der Waals surface area (Å²) in [7, 11) is 0. The number of nitrogens with zero attached hydrogens (tertiary/aromatic N) is 1. The van der Waals surface area contributed by atoms with E-state index < -0.39 is 0 Å². The monoisotopic (exact) mass is 365 g/mol. The molecule has 4 heteroatoms. The van der Waals surface area contributed by atoms with Crippen molar-refractivity contribution < 1.29 is 9.36 Å². The van der Waals surface area contributed by atoms with Crippen LogP contribution in [0.4, 0.5) is 5.69 Å². The first-order chi connectivity index (χ1) is 12.6. The topological polar surface area (TPSA) is 33.0 Å². The van der Waals surface area contributed by atoms with Gasteiger partial charge in [0.1, 0.15) is 11.2 Å². The second kappa shape index (κ2) is 8.28. The summed E-state index contributed by atoms with van der Waals surface area (Å²) in [6.45, 7) is 7.01. The number of hydrogen-bond acceptors (Lipinski definition) is 2. The third kappa shape index (κ3) is 4.20. The van der Waals surface area contributed by atoms with Crippen LogP contribution in [0.15, 0.2) is 48.5 Å². The number of amides is 1. The highest BCUT2D eigenvalue weighted by Gasteiger charge is 2.16. The van der Waals surface area contributed by atoms with Crippen LogP contribution in [-0.2, 0) is 11.3 Å². The van der Waals surface area contributed by atoms with Crippen LogP contribution in [0.1, 0.15) is 37.8 Å². The molecule has 0 bridgehead atoms. The molecule has 0 aliphatic rings. The van der Waals surface area contributed by atoms with Gasteiger partial charge in [-0.05, 0) is 29.8 Å². The molecule has 1 aromatic heterocycles. The molecular weight excluding hydrogens is 340 g/mol. The zero-order valence-electron chi connectivity index (χ0n) is 15.5. The minimum atomic E-state index is -0.0171. The molecule has 0 atom stereocenters. The van der Waals surface area contributed by atoms with Crippen LogP contribution in [0.3, 0.4) is 0 Å². The molecule has 0 fully saturated rings. The van der Waals surface area contributed by atoms with Gasteiger partial charge in [-0.1, -0.05) is 56.4 Å². The number of hydrogen-bond donors (Lipinski definition) is 1. The maximum atomic E-state index is 11.8. The van der Waals surface area contributed by atoms with Gasteiger partial charge in [0.2, 0.25) is 11.4 Å². The number of benzene rings is 2. The average molecular weight is 366 g/mol. The molecule has 3 rings (SSSR count). The Kier molecular flexibility index (Phi) is 5.84. The molecule has 1 amide bonds. The summed E-state index contributed by atoms with van der Waals surface area (Å²) in [6.07, 6.45) is 5.42. The molecule has 0 aliphatic heterocycles. The fourth-order valence-electron chi connectivity index (χ4n) is 2.76. The first kappa shape index (κ1) is 18.3. The van der Waals surface area contributed by atoms with E-state index in [-0.39, 0.29) is 11.8 Å². The van der Waals surface area contributed by atoms with Crippen LogP contribution >= 0.6 is 11.3 Å². The quantitative estimate of drug-likeness (QED) is 0.586. The van der Waals surface area contributed by atoms with E-state index in [9.17, 15) is 4.79 Å². The Morgan fingerprint density at radius 2 is 1.85 bits per heavy atom. The molecule has 0 saturated carbocycles. The Morgan fingerprint density at radius 3 is 2.54 bits per heavy atom. The number of para-hydroxylation sites is 1. The van der Waals surface area contributed by atoms with Gasteiger partial charge in [0, 0.05) is 30.2 Å². The number of aromatic nitrogens is 1. The molecule has 1 heterocycles. The maximum absolute atomic E-state index is 11.8. The molecule has 0 saturated heterocycles. The second-order valence-electron chi connectivity index (χ2n) is 6.66. The van der Waals surface area contributed by atoms with Crippen LogP contribution in [0, 0.1) is 5.92 Å². The molecule has 134 valence electrons. The summed E-state index contributed by atoms with van der Waals surface area (Å²) in [5, 5.41) is 4.18. The number of carbonyl (C=O) groups is 1. The number of nitrogens with one attached hydrogen (secondary N) is 1. The number of aryl methyl sites for hydroxylation is 1. The van der Waals surface area contributed by atoms with Gasteiger partial charge in [-0.2, -0.15) is 4.57 Å². The first-order valence-electron chi connectivity index (χ1n) is 9.09. The highest BCUT2D eigenvalue weighted by atomic mass is 32.1. The Bertz CT molecular complexity index is 923. The van der Waals surface area contributed by atoms with Gasteiger partial charge < -0.3 is 5.32 Å². The van der Waals surface area contributed by atoms with E-state index in [2.05, 4.69) is 53.2 Å². The van der Waals surface area contributed by atoms with Crippen molar-refractivity contribution in [1.82, 2.24) is 0 Å². The lowest BCUT2D eigenvalue weighted by Gasteiger charge is -2.07. The van der Waals surface area contributed by atoms with Gasteiger partial charge in [-0.25, -0.2) is 0 Å². The lowest BCUT2D eigenvalue weighted by molar-refractivity contribution is -0.668. The standard InChI is InChI=1S/C22H24N2OS/c1-4-15-24-19-7-5-6-8-20(19)26-21(24)14-11-17-9-12-18(13-10-17)23-22(25)16(2)3/h5-14,16H,4,15H2,1-3H3/p+1. The molecule has 1 N–H and O–H groups in total. The van der Waals surface area contributed by atoms with Gasteiger partial charge in [0.25, 0.3) is 5.01 Å². The highest BCUT2D eigenvalue weighted by molar-refractivity contribution is 7.18. The summed E-state index contributed by atoms with van der Waals surface area (Å²) in [5.74, 6) is 0.0238. The lowest BCUT2D eigenvalue weighted by Crippen LogP contribution is -2.34. The third-order valence-electron chi connectivity index (χ3n) is 4.20. The number of rotatable bonds is 6. The van der Waals surface area contributed by atoms with Crippen LogP contribution in [0.25, 0.3) is 22.4 Å². The summed E-state index contributed by atoms with van der Waals surface area (Å²) in [5.41, 5.74) is 3.25. The Labute approximate surface area is 159 Å². The Morgan fingerprint density at radius 1 is 1.12 bits per heavy atom. The van der Waals surface area contributed by atoms with E-state index in [4.69, 9.17) is 0 Å². The fourth-order valence-corrected chi connectivity index (χ4v) is 3.85. The zero-order valence-corrected chi connectivity index (χ0v) is 16.3. The van der Waals surface area contributed by atoms with Crippen LogP contribution in [0.2, 0.25) is 0 Å². The van der Waals surface area contributed by atoms with Gasteiger partial charge in [-0.3, -0.25) is 4.79 Å². The van der Waals surface area contributed by atoms with E-state index in [0.717, 1.165) is 24.2 Å². The first-order valence-corrected chi connectivity index (χ1v) is 9.90. The number of fused-ring (bicyclic) bond motifs is 1. The zero-order chi connectivity index (χ0) is 18.5. The van der Waals surface area contributed by atoms with Crippen molar-refractivity contribution in [3.8, 4) is 0 Å². The van der Waals surface area contributed by atoms with Crippen molar-refractivity contribution in [3.05, 3.63) is 59.1 Å². The molecule has 3 nitrogen and oxygen atoms in total. The van der Waals surface area contributed by atoms with Crippen molar-refractivity contribution in [3.63, 3.8) is 0 Å². The fraction of sp³-hybridized carbons (Fsp3) is 0.273. The van der Waals surface area contributed by atoms with E-state index >= 15 is 0 Å². The van der Waals surface area contributed by atoms with E-state index in [1.807, 2.05) is 49.4 Å². The number of anilines is 1. The average Bonchev–Trinajstić information content (AvgIpc) is 2.99. The number of carbonyl (C=O) groups excluding carboxylic acids is 1. The highest BCUT2D eigenvalue weighted by Crippen LogP contribution is 2.22. The lowest BCUT2D eigenvalue weighted by atomic mass is 10.1. The maximum Gasteiger partial charge on any atom is 0.262 e. The molecule has 3 aromatic rings. The van der Waals surface area contributed by atoms with Crippen molar-refractivity contribution in [2.75, 3.05) is 5.32 Å². The summed E-state index contributed by atoms with van der Waals surface area (Å²) < 4.78 is 3.70. The Hall–Kier alpha value is -2.46. The molecule has 0 radical (unpaired) electrons. The summed E-state index contributed by atoms with van der Waals surface area (Å²) >= 11 is 1.82.